The minimum atomic E-state index is -0.301. The molecule has 1 amide bonds. The van der Waals surface area contributed by atoms with Crippen molar-refractivity contribution in [2.45, 2.75) is 19.9 Å². The molecule has 2 N–H and O–H groups in total. The molecule has 0 aliphatic heterocycles. The summed E-state index contributed by atoms with van der Waals surface area (Å²) in [5.74, 6) is -0.394. The van der Waals surface area contributed by atoms with Gasteiger partial charge in [0.1, 0.15) is 5.82 Å². The SMILES string of the molecule is Cc1[nH]c2ccc(F)cc2c1CC(=O)NCc1ccncc1. The van der Waals surface area contributed by atoms with E-state index in [0.717, 1.165) is 27.7 Å². The molecule has 1 aromatic carbocycles. The number of aromatic nitrogens is 2. The molecule has 0 radical (unpaired) electrons. The number of carbonyl (C=O) groups is 1. The lowest BCUT2D eigenvalue weighted by Gasteiger charge is -2.05. The predicted octanol–water partition coefficient (Wildman–Crippen LogP) is 2.87. The van der Waals surface area contributed by atoms with Crippen molar-refractivity contribution in [2.75, 3.05) is 0 Å². The Kier molecular flexibility index (Phi) is 3.87. The Labute approximate surface area is 127 Å². The van der Waals surface area contributed by atoms with Gasteiger partial charge in [-0.2, -0.15) is 0 Å². The van der Waals surface area contributed by atoms with Gasteiger partial charge in [0.25, 0.3) is 0 Å². The summed E-state index contributed by atoms with van der Waals surface area (Å²) in [6, 6.07) is 8.27. The van der Waals surface area contributed by atoms with E-state index in [4.69, 9.17) is 0 Å². The lowest BCUT2D eigenvalue weighted by atomic mass is 10.1. The molecular formula is C17H16FN3O. The number of hydrogen-bond donors (Lipinski definition) is 2. The van der Waals surface area contributed by atoms with Crippen LogP contribution in [0, 0.1) is 12.7 Å². The van der Waals surface area contributed by atoms with Crippen molar-refractivity contribution in [3.05, 3.63) is 65.4 Å². The van der Waals surface area contributed by atoms with E-state index in [0.29, 0.717) is 6.54 Å². The Morgan fingerprint density at radius 1 is 1.27 bits per heavy atom. The fraction of sp³-hybridized carbons (Fsp3) is 0.176. The van der Waals surface area contributed by atoms with Crippen molar-refractivity contribution in [3.63, 3.8) is 0 Å². The predicted molar refractivity (Wildman–Crippen MR) is 82.8 cm³/mol. The largest absolute Gasteiger partial charge is 0.358 e. The van der Waals surface area contributed by atoms with Crippen molar-refractivity contribution in [3.8, 4) is 0 Å². The average Bonchev–Trinajstić information content (AvgIpc) is 2.82. The molecular weight excluding hydrogens is 281 g/mol. The first-order chi connectivity index (χ1) is 10.6. The van der Waals surface area contributed by atoms with Crippen LogP contribution in [-0.2, 0) is 17.8 Å². The minimum Gasteiger partial charge on any atom is -0.358 e. The van der Waals surface area contributed by atoms with Crippen LogP contribution in [0.3, 0.4) is 0 Å². The topological polar surface area (TPSA) is 57.8 Å². The number of nitrogens with one attached hydrogen (secondary N) is 2. The van der Waals surface area contributed by atoms with E-state index in [1.54, 1.807) is 18.5 Å². The maximum atomic E-state index is 13.4. The number of pyridine rings is 1. The molecule has 0 aliphatic carbocycles. The zero-order valence-corrected chi connectivity index (χ0v) is 12.2. The minimum absolute atomic E-state index is 0.0925. The van der Waals surface area contributed by atoms with Crippen LogP contribution in [0.5, 0.6) is 0 Å². The number of fused-ring (bicyclic) bond motifs is 1. The second kappa shape index (κ2) is 5.97. The molecule has 0 saturated carbocycles. The van der Waals surface area contributed by atoms with E-state index in [1.807, 2.05) is 19.1 Å². The quantitative estimate of drug-likeness (QED) is 0.778. The lowest BCUT2D eigenvalue weighted by Crippen LogP contribution is -2.24. The first-order valence-corrected chi connectivity index (χ1v) is 7.06. The van der Waals surface area contributed by atoms with Crippen molar-refractivity contribution >= 4 is 16.8 Å². The van der Waals surface area contributed by atoms with Gasteiger partial charge in [0.05, 0.1) is 6.42 Å². The van der Waals surface area contributed by atoms with Crippen LogP contribution in [0.1, 0.15) is 16.8 Å². The van der Waals surface area contributed by atoms with Crippen molar-refractivity contribution in [1.82, 2.24) is 15.3 Å². The zero-order chi connectivity index (χ0) is 15.5. The average molecular weight is 297 g/mol. The van der Waals surface area contributed by atoms with Gasteiger partial charge in [-0.15, -0.1) is 0 Å². The first-order valence-electron chi connectivity index (χ1n) is 7.06. The van der Waals surface area contributed by atoms with Crippen LogP contribution < -0.4 is 5.32 Å². The summed E-state index contributed by atoms with van der Waals surface area (Å²) in [6.45, 7) is 2.35. The number of H-pyrrole nitrogens is 1. The number of carbonyl (C=O) groups excluding carboxylic acids is 1. The van der Waals surface area contributed by atoms with Gasteiger partial charge in [0.15, 0.2) is 0 Å². The Morgan fingerprint density at radius 3 is 2.82 bits per heavy atom. The third-order valence-electron chi connectivity index (χ3n) is 3.66. The van der Waals surface area contributed by atoms with E-state index < -0.39 is 0 Å². The molecule has 0 bridgehead atoms. The van der Waals surface area contributed by atoms with Crippen LogP contribution in [0.4, 0.5) is 4.39 Å². The number of halogens is 1. The summed E-state index contributed by atoms with van der Waals surface area (Å²) < 4.78 is 13.4. The van der Waals surface area contributed by atoms with Gasteiger partial charge in [0, 0.05) is 35.5 Å². The summed E-state index contributed by atoms with van der Waals surface area (Å²) in [5.41, 5.74) is 3.56. The number of benzene rings is 1. The van der Waals surface area contributed by atoms with E-state index in [9.17, 15) is 9.18 Å². The third-order valence-corrected chi connectivity index (χ3v) is 3.66. The van der Waals surface area contributed by atoms with Crippen molar-refractivity contribution in [1.29, 1.82) is 0 Å². The molecule has 2 aromatic heterocycles. The molecule has 3 rings (SSSR count). The first kappa shape index (κ1) is 14.3. The van der Waals surface area contributed by atoms with E-state index >= 15 is 0 Å². The summed E-state index contributed by atoms with van der Waals surface area (Å²) in [5, 5.41) is 3.63. The molecule has 2 heterocycles. The molecule has 0 fully saturated rings. The van der Waals surface area contributed by atoms with Gasteiger partial charge in [-0.05, 0) is 48.4 Å². The monoisotopic (exact) mass is 297 g/mol. The number of nitrogens with zero attached hydrogens (tertiary/aromatic N) is 1. The summed E-state index contributed by atoms with van der Waals surface area (Å²) in [6.07, 6.45) is 3.60. The summed E-state index contributed by atoms with van der Waals surface area (Å²) in [7, 11) is 0. The molecule has 0 aliphatic rings. The second-order valence-corrected chi connectivity index (χ2v) is 5.23. The molecule has 22 heavy (non-hydrogen) atoms. The smallest absolute Gasteiger partial charge is 0.224 e. The lowest BCUT2D eigenvalue weighted by molar-refractivity contribution is -0.120. The Bertz CT molecular complexity index is 811. The number of hydrogen-bond acceptors (Lipinski definition) is 2. The number of aryl methyl sites for hydroxylation is 1. The zero-order valence-electron chi connectivity index (χ0n) is 12.2. The molecule has 5 heteroatoms. The standard InChI is InChI=1S/C17H16FN3O/c1-11-14(15-8-13(18)2-3-16(15)21-11)9-17(22)20-10-12-4-6-19-7-5-12/h2-8,21H,9-10H2,1H3,(H,20,22). The number of aromatic amines is 1. The third kappa shape index (κ3) is 2.98. The van der Waals surface area contributed by atoms with Gasteiger partial charge >= 0.3 is 0 Å². The van der Waals surface area contributed by atoms with Crippen LogP contribution in [-0.4, -0.2) is 15.9 Å². The molecule has 112 valence electrons. The number of amides is 1. The summed E-state index contributed by atoms with van der Waals surface area (Å²) >= 11 is 0. The molecule has 3 aromatic rings. The van der Waals surface area contributed by atoms with E-state index in [1.165, 1.54) is 12.1 Å². The van der Waals surface area contributed by atoms with Crippen LogP contribution in [0.2, 0.25) is 0 Å². The maximum Gasteiger partial charge on any atom is 0.224 e. The highest BCUT2D eigenvalue weighted by Crippen LogP contribution is 2.23. The van der Waals surface area contributed by atoms with E-state index in [2.05, 4.69) is 15.3 Å². The molecule has 0 spiro atoms. The van der Waals surface area contributed by atoms with Gasteiger partial charge in [0.2, 0.25) is 5.91 Å². The highest BCUT2D eigenvalue weighted by molar-refractivity contribution is 5.90. The molecule has 0 atom stereocenters. The fourth-order valence-corrected chi connectivity index (χ4v) is 2.51. The molecule has 0 unspecified atom stereocenters. The normalized spacial score (nSPS) is 10.8. The summed E-state index contributed by atoms with van der Waals surface area (Å²) in [4.78, 5) is 19.2. The van der Waals surface area contributed by atoms with Crippen LogP contribution in [0.25, 0.3) is 10.9 Å². The fourth-order valence-electron chi connectivity index (χ4n) is 2.51. The maximum absolute atomic E-state index is 13.4. The van der Waals surface area contributed by atoms with Gasteiger partial charge in [-0.1, -0.05) is 0 Å². The molecule has 0 saturated heterocycles. The number of rotatable bonds is 4. The van der Waals surface area contributed by atoms with Crippen molar-refractivity contribution < 1.29 is 9.18 Å². The Morgan fingerprint density at radius 2 is 2.05 bits per heavy atom. The highest BCUT2D eigenvalue weighted by Gasteiger charge is 2.13. The van der Waals surface area contributed by atoms with Gasteiger partial charge in [-0.3, -0.25) is 9.78 Å². The van der Waals surface area contributed by atoms with Crippen LogP contribution >= 0.6 is 0 Å². The Balaban J connectivity index is 1.74. The van der Waals surface area contributed by atoms with Gasteiger partial charge in [-0.25, -0.2) is 4.39 Å². The van der Waals surface area contributed by atoms with Crippen LogP contribution in [0.15, 0.2) is 42.7 Å². The van der Waals surface area contributed by atoms with Crippen molar-refractivity contribution in [2.24, 2.45) is 0 Å². The Hall–Kier alpha value is -2.69. The molecule has 4 nitrogen and oxygen atoms in total. The van der Waals surface area contributed by atoms with E-state index in [-0.39, 0.29) is 18.1 Å². The van der Waals surface area contributed by atoms with Gasteiger partial charge < -0.3 is 10.3 Å². The second-order valence-electron chi connectivity index (χ2n) is 5.23. The highest BCUT2D eigenvalue weighted by atomic mass is 19.1.